The van der Waals surface area contributed by atoms with Crippen molar-refractivity contribution in [1.29, 1.82) is 0 Å². The first-order valence-electron chi connectivity index (χ1n) is 6.57. The van der Waals surface area contributed by atoms with E-state index in [2.05, 4.69) is 24.4 Å². The Kier molecular flexibility index (Phi) is 5.56. The van der Waals surface area contributed by atoms with Gasteiger partial charge in [-0.2, -0.15) is 0 Å². The number of hydrogen-bond acceptors (Lipinski definition) is 2. The third-order valence-corrected chi connectivity index (χ3v) is 4.05. The zero-order valence-corrected chi connectivity index (χ0v) is 12.1. The second-order valence-electron chi connectivity index (χ2n) is 4.41. The first kappa shape index (κ1) is 15.0. The van der Waals surface area contributed by atoms with Gasteiger partial charge in [0, 0.05) is 16.7 Å². The molecule has 0 heterocycles. The van der Waals surface area contributed by atoms with Crippen LogP contribution in [0.15, 0.2) is 53.4 Å². The number of benzene rings is 2. The van der Waals surface area contributed by atoms with Gasteiger partial charge in [-0.3, -0.25) is 0 Å². The van der Waals surface area contributed by atoms with Crippen LogP contribution in [-0.2, 0) is 0 Å². The number of halogens is 2. The molecule has 0 bridgehead atoms. The fourth-order valence-electron chi connectivity index (χ4n) is 1.95. The predicted octanol–water partition coefficient (Wildman–Crippen LogP) is 4.41. The molecule has 0 radical (unpaired) electrons. The lowest BCUT2D eigenvalue weighted by Gasteiger charge is -2.18. The average Bonchev–Trinajstić information content (AvgIpc) is 2.48. The van der Waals surface area contributed by atoms with Crippen molar-refractivity contribution < 1.29 is 8.78 Å². The highest BCUT2D eigenvalue weighted by atomic mass is 32.2. The van der Waals surface area contributed by atoms with Crippen molar-refractivity contribution in [2.45, 2.75) is 17.9 Å². The SMILES string of the molecule is CCNC(CSc1ccc(F)c(F)c1)c1ccccc1. The number of nitrogens with one attached hydrogen (secondary N) is 1. The Balaban J connectivity index is 2.03. The molecule has 0 aromatic heterocycles. The number of thioether (sulfide) groups is 1. The van der Waals surface area contributed by atoms with Crippen LogP contribution < -0.4 is 5.32 Å². The van der Waals surface area contributed by atoms with Crippen LogP contribution in [0.2, 0.25) is 0 Å². The summed E-state index contributed by atoms with van der Waals surface area (Å²) < 4.78 is 26.1. The molecule has 4 heteroatoms. The zero-order chi connectivity index (χ0) is 14.4. The molecule has 20 heavy (non-hydrogen) atoms. The van der Waals surface area contributed by atoms with E-state index in [1.54, 1.807) is 6.07 Å². The lowest BCUT2D eigenvalue weighted by Crippen LogP contribution is -2.22. The summed E-state index contributed by atoms with van der Waals surface area (Å²) in [5.41, 5.74) is 1.20. The Bertz CT molecular complexity index is 545. The molecule has 2 rings (SSSR count). The molecule has 0 aliphatic carbocycles. The van der Waals surface area contributed by atoms with Crippen LogP contribution in [0.4, 0.5) is 8.78 Å². The van der Waals surface area contributed by atoms with E-state index in [-0.39, 0.29) is 6.04 Å². The minimum Gasteiger partial charge on any atom is -0.309 e. The van der Waals surface area contributed by atoms with Crippen molar-refractivity contribution in [2.75, 3.05) is 12.3 Å². The predicted molar refractivity (Wildman–Crippen MR) is 79.9 cm³/mol. The summed E-state index contributed by atoms with van der Waals surface area (Å²) in [5.74, 6) is -0.835. The minimum atomic E-state index is -0.805. The monoisotopic (exact) mass is 293 g/mol. The van der Waals surface area contributed by atoms with Crippen LogP contribution in [0.25, 0.3) is 0 Å². The third-order valence-electron chi connectivity index (χ3n) is 2.96. The van der Waals surface area contributed by atoms with Crippen molar-refractivity contribution >= 4 is 11.8 Å². The summed E-state index contributed by atoms with van der Waals surface area (Å²) in [6, 6.07) is 14.3. The van der Waals surface area contributed by atoms with Gasteiger partial charge in [-0.05, 0) is 30.3 Å². The molecular formula is C16H17F2NS. The van der Waals surface area contributed by atoms with E-state index in [4.69, 9.17) is 0 Å². The molecule has 0 saturated heterocycles. The van der Waals surface area contributed by atoms with E-state index in [0.29, 0.717) is 0 Å². The molecule has 1 atom stereocenters. The minimum absolute atomic E-state index is 0.194. The molecule has 2 aromatic carbocycles. The van der Waals surface area contributed by atoms with Crippen LogP contribution in [0.5, 0.6) is 0 Å². The standard InChI is InChI=1S/C16H17F2NS/c1-2-19-16(12-6-4-3-5-7-12)11-20-13-8-9-14(17)15(18)10-13/h3-10,16,19H,2,11H2,1H3. The van der Waals surface area contributed by atoms with Crippen LogP contribution >= 0.6 is 11.8 Å². The van der Waals surface area contributed by atoms with Crippen LogP contribution in [-0.4, -0.2) is 12.3 Å². The Hall–Kier alpha value is -1.39. The summed E-state index contributed by atoms with van der Waals surface area (Å²) >= 11 is 1.52. The van der Waals surface area contributed by atoms with E-state index in [0.717, 1.165) is 17.2 Å². The summed E-state index contributed by atoms with van der Waals surface area (Å²) in [5, 5.41) is 3.41. The molecule has 0 spiro atoms. The maximum Gasteiger partial charge on any atom is 0.159 e. The summed E-state index contributed by atoms with van der Waals surface area (Å²) in [6.07, 6.45) is 0. The Morgan fingerprint density at radius 3 is 2.45 bits per heavy atom. The summed E-state index contributed by atoms with van der Waals surface area (Å²) in [6.45, 7) is 2.91. The van der Waals surface area contributed by atoms with Crippen LogP contribution in [0, 0.1) is 11.6 Å². The van der Waals surface area contributed by atoms with Crippen molar-refractivity contribution in [3.8, 4) is 0 Å². The molecular weight excluding hydrogens is 276 g/mol. The first-order chi connectivity index (χ1) is 9.70. The Morgan fingerprint density at radius 1 is 1.05 bits per heavy atom. The molecule has 0 amide bonds. The van der Waals surface area contributed by atoms with Gasteiger partial charge in [0.15, 0.2) is 11.6 Å². The molecule has 2 aromatic rings. The first-order valence-corrected chi connectivity index (χ1v) is 7.55. The van der Waals surface area contributed by atoms with Crippen molar-refractivity contribution in [3.63, 3.8) is 0 Å². The van der Waals surface area contributed by atoms with Gasteiger partial charge in [-0.1, -0.05) is 37.3 Å². The van der Waals surface area contributed by atoms with E-state index in [1.165, 1.54) is 29.5 Å². The number of hydrogen-bond donors (Lipinski definition) is 1. The second-order valence-corrected chi connectivity index (χ2v) is 5.50. The van der Waals surface area contributed by atoms with Gasteiger partial charge < -0.3 is 5.32 Å². The van der Waals surface area contributed by atoms with Gasteiger partial charge in [0.05, 0.1) is 0 Å². The highest BCUT2D eigenvalue weighted by Crippen LogP contribution is 2.25. The lowest BCUT2D eigenvalue weighted by atomic mass is 10.1. The quantitative estimate of drug-likeness (QED) is 0.792. The van der Waals surface area contributed by atoms with Gasteiger partial charge in [0.1, 0.15) is 0 Å². The maximum absolute atomic E-state index is 13.2. The van der Waals surface area contributed by atoms with Crippen LogP contribution in [0.3, 0.4) is 0 Å². The van der Waals surface area contributed by atoms with E-state index >= 15 is 0 Å². The molecule has 0 saturated carbocycles. The van der Waals surface area contributed by atoms with Crippen molar-refractivity contribution in [2.24, 2.45) is 0 Å². The van der Waals surface area contributed by atoms with Gasteiger partial charge in [-0.15, -0.1) is 11.8 Å². The Labute approximate surface area is 122 Å². The molecule has 1 nitrogen and oxygen atoms in total. The molecule has 0 fully saturated rings. The fraction of sp³-hybridized carbons (Fsp3) is 0.250. The van der Waals surface area contributed by atoms with Gasteiger partial charge in [-0.25, -0.2) is 8.78 Å². The second kappa shape index (κ2) is 7.41. The molecule has 1 unspecified atom stereocenters. The topological polar surface area (TPSA) is 12.0 Å². The lowest BCUT2D eigenvalue weighted by molar-refractivity contribution is 0.506. The normalized spacial score (nSPS) is 12.3. The summed E-state index contributed by atoms with van der Waals surface area (Å²) in [4.78, 5) is 0.739. The third kappa shape index (κ3) is 4.05. The molecule has 1 N–H and O–H groups in total. The highest BCUT2D eigenvalue weighted by Gasteiger charge is 2.11. The number of rotatable bonds is 6. The van der Waals surface area contributed by atoms with E-state index < -0.39 is 11.6 Å². The van der Waals surface area contributed by atoms with Crippen molar-refractivity contribution in [3.05, 3.63) is 65.7 Å². The van der Waals surface area contributed by atoms with Crippen molar-refractivity contribution in [1.82, 2.24) is 5.32 Å². The molecule has 0 aliphatic rings. The highest BCUT2D eigenvalue weighted by molar-refractivity contribution is 7.99. The summed E-state index contributed by atoms with van der Waals surface area (Å²) in [7, 11) is 0. The van der Waals surface area contributed by atoms with Crippen LogP contribution in [0.1, 0.15) is 18.5 Å². The molecule has 0 aliphatic heterocycles. The van der Waals surface area contributed by atoms with E-state index in [1.807, 2.05) is 18.2 Å². The zero-order valence-electron chi connectivity index (χ0n) is 11.3. The maximum atomic E-state index is 13.2. The largest absolute Gasteiger partial charge is 0.309 e. The Morgan fingerprint density at radius 2 is 1.80 bits per heavy atom. The van der Waals surface area contributed by atoms with E-state index in [9.17, 15) is 8.78 Å². The molecule has 106 valence electrons. The smallest absolute Gasteiger partial charge is 0.159 e. The van der Waals surface area contributed by atoms with Gasteiger partial charge in [0.25, 0.3) is 0 Å². The van der Waals surface area contributed by atoms with Gasteiger partial charge >= 0.3 is 0 Å². The average molecular weight is 293 g/mol. The fourth-order valence-corrected chi connectivity index (χ4v) is 2.97. The van der Waals surface area contributed by atoms with Gasteiger partial charge in [0.2, 0.25) is 0 Å².